The summed E-state index contributed by atoms with van der Waals surface area (Å²) < 4.78 is 1.28. The van der Waals surface area contributed by atoms with Gasteiger partial charge in [-0.15, -0.1) is 0 Å². The van der Waals surface area contributed by atoms with Crippen LogP contribution in [0.3, 0.4) is 0 Å². The van der Waals surface area contributed by atoms with E-state index in [1.807, 2.05) is 31.2 Å². The first-order valence-corrected chi connectivity index (χ1v) is 4.84. The Morgan fingerprint density at radius 3 is 3.00 bits per heavy atom. The first-order valence-electron chi connectivity index (χ1n) is 4.39. The van der Waals surface area contributed by atoms with Crippen LogP contribution in [0.25, 0.3) is 12.2 Å². The van der Waals surface area contributed by atoms with Crippen molar-refractivity contribution in [3.8, 4) is 0 Å². The number of H-pyrrole nitrogens is 1. The van der Waals surface area contributed by atoms with Crippen LogP contribution < -0.4 is 16.4 Å². The van der Waals surface area contributed by atoms with Crippen molar-refractivity contribution in [2.24, 2.45) is 7.05 Å². The number of thiol groups is 1. The van der Waals surface area contributed by atoms with Crippen molar-refractivity contribution >= 4 is 24.8 Å². The van der Waals surface area contributed by atoms with E-state index < -0.39 is 0 Å². The third-order valence-corrected chi connectivity index (χ3v) is 2.59. The van der Waals surface area contributed by atoms with Gasteiger partial charge < -0.3 is 4.98 Å². The summed E-state index contributed by atoms with van der Waals surface area (Å²) in [6.07, 6.45) is 7.73. The van der Waals surface area contributed by atoms with Gasteiger partial charge in [0.15, 0.2) is 0 Å². The summed E-state index contributed by atoms with van der Waals surface area (Å²) in [5, 5.41) is 1.73. The van der Waals surface area contributed by atoms with Gasteiger partial charge in [0.2, 0.25) is 0 Å². The number of rotatable bonds is 0. The number of nitrogens with one attached hydrogen (secondary N) is 1. The number of hydrogen-bond acceptors (Lipinski definition) is 2. The summed E-state index contributed by atoms with van der Waals surface area (Å²) in [6, 6.07) is 0. The van der Waals surface area contributed by atoms with E-state index in [0.29, 0.717) is 0 Å². The standard InChI is InChI=1S/C10H12N2OS/c1-10(14)5-3-4-7-8(6-10)12(2)9(13)11-7/h3-6,14H,1-2H3,(H,11,13). The molecule has 0 aliphatic heterocycles. The summed E-state index contributed by atoms with van der Waals surface area (Å²) in [6.45, 7) is 1.98. The molecule has 0 spiro atoms. The summed E-state index contributed by atoms with van der Waals surface area (Å²) in [4.78, 5) is 14.1. The molecule has 4 heteroatoms. The lowest BCUT2D eigenvalue weighted by Gasteiger charge is -2.11. The van der Waals surface area contributed by atoms with Crippen LogP contribution in [0.1, 0.15) is 6.92 Å². The van der Waals surface area contributed by atoms with Crippen LogP contribution in [0.4, 0.5) is 0 Å². The second-order valence-corrected chi connectivity index (χ2v) is 4.65. The second-order valence-electron chi connectivity index (χ2n) is 3.68. The minimum absolute atomic E-state index is 0.0954. The number of aromatic amines is 1. The molecule has 1 heterocycles. The average Bonchev–Trinajstić information content (AvgIpc) is 2.30. The molecule has 1 aliphatic rings. The van der Waals surface area contributed by atoms with E-state index in [-0.39, 0.29) is 10.4 Å². The molecule has 2 rings (SSSR count). The van der Waals surface area contributed by atoms with Gasteiger partial charge in [-0.1, -0.05) is 12.2 Å². The van der Waals surface area contributed by atoms with E-state index in [9.17, 15) is 4.79 Å². The molecule has 0 saturated carbocycles. The molecule has 1 aromatic rings. The van der Waals surface area contributed by atoms with Crippen molar-refractivity contribution in [1.82, 2.24) is 9.55 Å². The SMILES string of the molecule is Cn1c(=O)[nH]c2c1=CC(C)(S)C=CC=2. The molecule has 3 nitrogen and oxygen atoms in total. The van der Waals surface area contributed by atoms with Gasteiger partial charge in [0.05, 0.1) is 10.7 Å². The van der Waals surface area contributed by atoms with Crippen LogP contribution in [-0.4, -0.2) is 14.3 Å². The Morgan fingerprint density at radius 2 is 2.29 bits per heavy atom. The molecule has 0 saturated heterocycles. The van der Waals surface area contributed by atoms with Gasteiger partial charge >= 0.3 is 5.69 Å². The monoisotopic (exact) mass is 208 g/mol. The molecule has 1 N–H and O–H groups in total. The normalized spacial score (nSPS) is 24.8. The molecular weight excluding hydrogens is 196 g/mol. The maximum Gasteiger partial charge on any atom is 0.326 e. The van der Waals surface area contributed by atoms with E-state index >= 15 is 0 Å². The van der Waals surface area contributed by atoms with Crippen molar-refractivity contribution in [3.05, 3.63) is 33.3 Å². The Bertz CT molecular complexity index is 560. The summed E-state index contributed by atoms with van der Waals surface area (Å²) in [5.74, 6) is 0. The fraction of sp³-hybridized carbons (Fsp3) is 0.300. The fourth-order valence-electron chi connectivity index (χ4n) is 1.52. The zero-order chi connectivity index (χ0) is 10.3. The number of imidazole rings is 1. The van der Waals surface area contributed by atoms with E-state index in [4.69, 9.17) is 0 Å². The van der Waals surface area contributed by atoms with Gasteiger partial charge in [-0.2, -0.15) is 12.6 Å². The maximum atomic E-state index is 11.3. The van der Waals surface area contributed by atoms with E-state index in [0.717, 1.165) is 10.7 Å². The molecule has 0 amide bonds. The smallest absolute Gasteiger partial charge is 0.306 e. The largest absolute Gasteiger partial charge is 0.326 e. The van der Waals surface area contributed by atoms with Gasteiger partial charge in [0, 0.05) is 11.8 Å². The van der Waals surface area contributed by atoms with Crippen LogP contribution in [-0.2, 0) is 7.05 Å². The molecule has 1 atom stereocenters. The molecule has 0 radical (unpaired) electrons. The quantitative estimate of drug-likeness (QED) is 0.556. The number of fused-ring (bicyclic) bond motifs is 1. The first kappa shape index (κ1) is 9.40. The molecule has 0 fully saturated rings. The van der Waals surface area contributed by atoms with Gasteiger partial charge in [-0.3, -0.25) is 4.57 Å². The van der Waals surface area contributed by atoms with Crippen LogP contribution in [0.2, 0.25) is 0 Å². The zero-order valence-corrected chi connectivity index (χ0v) is 9.01. The molecule has 14 heavy (non-hydrogen) atoms. The minimum Gasteiger partial charge on any atom is -0.306 e. The lowest BCUT2D eigenvalue weighted by atomic mass is 10.1. The van der Waals surface area contributed by atoms with E-state index in [2.05, 4.69) is 17.6 Å². The zero-order valence-electron chi connectivity index (χ0n) is 8.11. The fourth-order valence-corrected chi connectivity index (χ4v) is 1.73. The number of hydrogen-bond donors (Lipinski definition) is 2. The third kappa shape index (κ3) is 1.46. The molecule has 0 aromatic carbocycles. The highest BCUT2D eigenvalue weighted by Crippen LogP contribution is 2.17. The van der Waals surface area contributed by atoms with Gasteiger partial charge in [-0.25, -0.2) is 4.79 Å². The van der Waals surface area contributed by atoms with E-state index in [1.54, 1.807) is 11.6 Å². The highest BCUT2D eigenvalue weighted by molar-refractivity contribution is 7.82. The predicted molar refractivity (Wildman–Crippen MR) is 60.7 cm³/mol. The highest BCUT2D eigenvalue weighted by Gasteiger charge is 2.13. The van der Waals surface area contributed by atoms with Gasteiger partial charge in [0.25, 0.3) is 0 Å². The first-order chi connectivity index (χ1) is 6.49. The molecule has 1 aromatic heterocycles. The van der Waals surface area contributed by atoms with Crippen LogP contribution >= 0.6 is 12.6 Å². The lowest BCUT2D eigenvalue weighted by molar-refractivity contribution is 0.830. The van der Waals surface area contributed by atoms with Crippen molar-refractivity contribution < 1.29 is 0 Å². The Balaban J connectivity index is 2.91. The Labute approximate surface area is 86.9 Å². The van der Waals surface area contributed by atoms with E-state index in [1.165, 1.54) is 0 Å². The van der Waals surface area contributed by atoms with Crippen LogP contribution in [0, 0.1) is 0 Å². The maximum absolute atomic E-state index is 11.3. The summed E-state index contributed by atoms with van der Waals surface area (Å²) in [7, 11) is 1.75. The topological polar surface area (TPSA) is 37.8 Å². The number of nitrogens with zero attached hydrogens (tertiary/aromatic N) is 1. The second kappa shape index (κ2) is 2.92. The molecule has 74 valence electrons. The van der Waals surface area contributed by atoms with Crippen molar-refractivity contribution in [1.29, 1.82) is 0 Å². The summed E-state index contributed by atoms with van der Waals surface area (Å²) in [5.41, 5.74) is -0.0954. The third-order valence-electron chi connectivity index (χ3n) is 2.31. The number of allylic oxidation sites excluding steroid dienone is 1. The summed E-state index contributed by atoms with van der Waals surface area (Å²) >= 11 is 4.48. The molecular formula is C10H12N2OS. The average molecular weight is 208 g/mol. The highest BCUT2D eigenvalue weighted by atomic mass is 32.1. The van der Waals surface area contributed by atoms with Crippen molar-refractivity contribution in [2.45, 2.75) is 11.7 Å². The number of aromatic nitrogens is 2. The van der Waals surface area contributed by atoms with Gasteiger partial charge in [-0.05, 0) is 19.1 Å². The van der Waals surface area contributed by atoms with Crippen LogP contribution in [0.5, 0.6) is 0 Å². The van der Waals surface area contributed by atoms with Crippen LogP contribution in [0.15, 0.2) is 16.9 Å². The Kier molecular flexibility index (Phi) is 1.96. The van der Waals surface area contributed by atoms with Crippen molar-refractivity contribution in [3.63, 3.8) is 0 Å². The van der Waals surface area contributed by atoms with Crippen molar-refractivity contribution in [2.75, 3.05) is 0 Å². The Hall–Kier alpha value is -1.16. The molecule has 1 aliphatic carbocycles. The molecule has 1 unspecified atom stereocenters. The molecule has 0 bridgehead atoms. The lowest BCUT2D eigenvalue weighted by Crippen LogP contribution is -2.32. The Morgan fingerprint density at radius 1 is 1.57 bits per heavy atom. The van der Waals surface area contributed by atoms with Gasteiger partial charge in [0.1, 0.15) is 0 Å². The predicted octanol–water partition coefficient (Wildman–Crippen LogP) is -0.467. The minimum atomic E-state index is -0.311.